The van der Waals surface area contributed by atoms with E-state index in [-0.39, 0.29) is 5.56 Å². The van der Waals surface area contributed by atoms with Crippen molar-refractivity contribution in [1.29, 1.82) is 0 Å². The molecule has 0 bridgehead atoms. The summed E-state index contributed by atoms with van der Waals surface area (Å²) in [7, 11) is -3.43. The van der Waals surface area contributed by atoms with E-state index in [1.54, 1.807) is 0 Å². The van der Waals surface area contributed by atoms with Gasteiger partial charge in [0.2, 0.25) is 10.0 Å². The van der Waals surface area contributed by atoms with Gasteiger partial charge in [-0.05, 0) is 24.6 Å². The Kier molecular flexibility index (Phi) is 4.63. The lowest BCUT2D eigenvalue weighted by atomic mass is 10.1. The van der Waals surface area contributed by atoms with E-state index in [2.05, 4.69) is 0 Å². The standard InChI is InChI=1S/C11H12F4N2O3S/c1-6-8(10(18)17(2)5-11(13,14)15)3-7(12)4-9(6)21(16,19)20/h3-4H,5H2,1-2H3,(H2,16,19,20). The number of halogens is 4. The highest BCUT2D eigenvalue weighted by molar-refractivity contribution is 7.89. The van der Waals surface area contributed by atoms with Crippen LogP contribution in [0.2, 0.25) is 0 Å². The molecule has 0 aliphatic carbocycles. The largest absolute Gasteiger partial charge is 0.406 e. The number of primary sulfonamides is 1. The molecule has 0 fully saturated rings. The van der Waals surface area contributed by atoms with Gasteiger partial charge in [-0.25, -0.2) is 17.9 Å². The fourth-order valence-corrected chi connectivity index (χ4v) is 2.53. The number of benzene rings is 1. The van der Waals surface area contributed by atoms with Gasteiger partial charge < -0.3 is 4.90 Å². The molecule has 0 atom stereocenters. The first kappa shape index (κ1) is 17.4. The molecule has 1 amide bonds. The third kappa shape index (κ3) is 4.39. The Morgan fingerprint density at radius 3 is 2.29 bits per heavy atom. The topological polar surface area (TPSA) is 80.5 Å². The van der Waals surface area contributed by atoms with Crippen molar-refractivity contribution in [2.45, 2.75) is 18.0 Å². The molecule has 2 N–H and O–H groups in total. The summed E-state index contributed by atoms with van der Waals surface area (Å²) in [6, 6.07) is 1.27. The number of alkyl halides is 3. The zero-order valence-electron chi connectivity index (χ0n) is 11.0. The minimum absolute atomic E-state index is 0.210. The van der Waals surface area contributed by atoms with E-state index >= 15 is 0 Å². The van der Waals surface area contributed by atoms with Crippen LogP contribution >= 0.6 is 0 Å². The molecule has 0 aliphatic heterocycles. The lowest BCUT2D eigenvalue weighted by Crippen LogP contribution is -2.36. The maximum absolute atomic E-state index is 13.4. The van der Waals surface area contributed by atoms with E-state index in [1.807, 2.05) is 0 Å². The molecule has 0 radical (unpaired) electrons. The molecule has 1 rings (SSSR count). The number of rotatable bonds is 3. The van der Waals surface area contributed by atoms with Crippen LogP contribution in [0.4, 0.5) is 17.6 Å². The minimum atomic E-state index is -4.63. The molecule has 0 saturated carbocycles. The fraction of sp³-hybridized carbons (Fsp3) is 0.364. The van der Waals surface area contributed by atoms with Gasteiger partial charge in [0.15, 0.2) is 0 Å². The molecular weight excluding hydrogens is 316 g/mol. The molecule has 0 heterocycles. The van der Waals surface area contributed by atoms with Gasteiger partial charge in [-0.1, -0.05) is 0 Å². The van der Waals surface area contributed by atoms with E-state index in [9.17, 15) is 30.8 Å². The van der Waals surface area contributed by atoms with Crippen LogP contribution < -0.4 is 5.14 Å². The van der Waals surface area contributed by atoms with Gasteiger partial charge in [0, 0.05) is 12.6 Å². The van der Waals surface area contributed by atoms with E-state index in [4.69, 9.17) is 5.14 Å². The molecular formula is C11H12F4N2O3S. The SMILES string of the molecule is Cc1c(C(=O)N(C)CC(F)(F)F)cc(F)cc1S(N)(=O)=O. The third-order valence-corrected chi connectivity index (χ3v) is 3.66. The van der Waals surface area contributed by atoms with Crippen molar-refractivity contribution >= 4 is 15.9 Å². The van der Waals surface area contributed by atoms with Crippen LogP contribution in [0.25, 0.3) is 0 Å². The van der Waals surface area contributed by atoms with Crippen LogP contribution in [0.5, 0.6) is 0 Å². The number of amides is 1. The van der Waals surface area contributed by atoms with Gasteiger partial charge in [0.1, 0.15) is 12.4 Å². The highest BCUT2D eigenvalue weighted by atomic mass is 32.2. The maximum atomic E-state index is 13.4. The summed E-state index contributed by atoms with van der Waals surface area (Å²) in [5.74, 6) is -2.25. The van der Waals surface area contributed by atoms with Gasteiger partial charge in [-0.2, -0.15) is 13.2 Å². The molecule has 0 aliphatic rings. The van der Waals surface area contributed by atoms with E-state index in [0.29, 0.717) is 17.0 Å². The Bertz CT molecular complexity index is 671. The average Bonchev–Trinajstić information content (AvgIpc) is 2.27. The van der Waals surface area contributed by atoms with E-state index in [1.165, 1.54) is 0 Å². The summed E-state index contributed by atoms with van der Waals surface area (Å²) in [5.41, 5.74) is -0.705. The molecule has 1 aromatic carbocycles. The van der Waals surface area contributed by atoms with Crippen molar-refractivity contribution in [2.24, 2.45) is 5.14 Å². The van der Waals surface area contributed by atoms with Crippen LogP contribution in [0.3, 0.4) is 0 Å². The Morgan fingerprint density at radius 2 is 1.86 bits per heavy atom. The van der Waals surface area contributed by atoms with E-state index in [0.717, 1.165) is 14.0 Å². The van der Waals surface area contributed by atoms with Gasteiger partial charge in [0.25, 0.3) is 5.91 Å². The summed E-state index contributed by atoms with van der Waals surface area (Å²) < 4.78 is 72.7. The van der Waals surface area contributed by atoms with Gasteiger partial charge in [-0.15, -0.1) is 0 Å². The van der Waals surface area contributed by atoms with Crippen molar-refractivity contribution in [2.75, 3.05) is 13.6 Å². The van der Waals surface area contributed by atoms with Gasteiger partial charge >= 0.3 is 6.18 Å². The number of hydrogen-bond donors (Lipinski definition) is 1. The van der Waals surface area contributed by atoms with Crippen molar-refractivity contribution in [3.8, 4) is 0 Å². The lowest BCUT2D eigenvalue weighted by molar-refractivity contribution is -0.138. The van der Waals surface area contributed by atoms with Crippen molar-refractivity contribution < 1.29 is 30.8 Å². The first-order valence-corrected chi connectivity index (χ1v) is 7.02. The highest BCUT2D eigenvalue weighted by Crippen LogP contribution is 2.23. The highest BCUT2D eigenvalue weighted by Gasteiger charge is 2.32. The maximum Gasteiger partial charge on any atom is 0.406 e. The number of nitrogens with zero attached hydrogens (tertiary/aromatic N) is 1. The fourth-order valence-electron chi connectivity index (χ4n) is 1.72. The molecule has 0 unspecified atom stereocenters. The summed E-state index contributed by atoms with van der Waals surface area (Å²) in [6.45, 7) is -0.389. The Balaban J connectivity index is 3.32. The lowest BCUT2D eigenvalue weighted by Gasteiger charge is -2.20. The van der Waals surface area contributed by atoms with Crippen LogP contribution in [0.1, 0.15) is 15.9 Å². The molecule has 21 heavy (non-hydrogen) atoms. The second kappa shape index (κ2) is 5.60. The summed E-state index contributed by atoms with van der Waals surface area (Å²) in [5, 5.41) is 4.87. The van der Waals surface area contributed by atoms with Crippen LogP contribution in [-0.4, -0.2) is 39.0 Å². The Labute approximate surface area is 118 Å². The van der Waals surface area contributed by atoms with Gasteiger partial charge in [-0.3, -0.25) is 4.79 Å². The Hall–Kier alpha value is -1.68. The predicted octanol–water partition coefficient (Wildman–Crippen LogP) is 1.42. The molecule has 118 valence electrons. The smallest absolute Gasteiger partial charge is 0.333 e. The molecule has 0 saturated heterocycles. The van der Waals surface area contributed by atoms with Crippen molar-refractivity contribution in [3.05, 3.63) is 29.1 Å². The molecule has 5 nitrogen and oxygen atoms in total. The summed E-state index contributed by atoms with van der Waals surface area (Å²) in [6.07, 6.45) is -4.63. The third-order valence-electron chi connectivity index (χ3n) is 2.62. The number of carbonyl (C=O) groups excluding carboxylic acids is 1. The van der Waals surface area contributed by atoms with Crippen molar-refractivity contribution in [1.82, 2.24) is 4.90 Å². The zero-order valence-corrected chi connectivity index (χ0v) is 11.8. The number of carbonyl (C=O) groups is 1. The number of hydrogen-bond acceptors (Lipinski definition) is 3. The van der Waals surface area contributed by atoms with Crippen molar-refractivity contribution in [3.63, 3.8) is 0 Å². The summed E-state index contributed by atoms with van der Waals surface area (Å²) >= 11 is 0. The monoisotopic (exact) mass is 328 g/mol. The van der Waals surface area contributed by atoms with Crippen LogP contribution in [0.15, 0.2) is 17.0 Å². The normalized spacial score (nSPS) is 12.3. The molecule has 0 spiro atoms. The first-order chi connectivity index (χ1) is 9.33. The predicted molar refractivity (Wildman–Crippen MR) is 65.5 cm³/mol. The van der Waals surface area contributed by atoms with Crippen LogP contribution in [-0.2, 0) is 10.0 Å². The minimum Gasteiger partial charge on any atom is -0.333 e. The number of nitrogens with two attached hydrogens (primary N) is 1. The average molecular weight is 328 g/mol. The molecule has 10 heteroatoms. The summed E-state index contributed by atoms with van der Waals surface area (Å²) in [4.78, 5) is 11.6. The number of sulfonamides is 1. The second-order valence-electron chi connectivity index (χ2n) is 4.40. The van der Waals surface area contributed by atoms with Crippen LogP contribution in [0, 0.1) is 12.7 Å². The van der Waals surface area contributed by atoms with E-state index < -0.39 is 44.9 Å². The molecule has 0 aromatic heterocycles. The Morgan fingerprint density at radius 1 is 1.33 bits per heavy atom. The molecule has 1 aromatic rings. The zero-order chi connectivity index (χ0) is 16.6. The van der Waals surface area contributed by atoms with Gasteiger partial charge in [0.05, 0.1) is 4.90 Å². The second-order valence-corrected chi connectivity index (χ2v) is 5.93. The first-order valence-electron chi connectivity index (χ1n) is 5.48. The quantitative estimate of drug-likeness (QED) is 0.852.